The predicted octanol–water partition coefficient (Wildman–Crippen LogP) is 2.96. The third-order valence-electron chi connectivity index (χ3n) is 2.26. The molecular formula is C12H10O. The van der Waals surface area contributed by atoms with Crippen LogP contribution in [0, 0.1) is 6.92 Å². The zero-order valence-corrected chi connectivity index (χ0v) is 7.45. The van der Waals surface area contributed by atoms with Gasteiger partial charge >= 0.3 is 0 Å². The minimum atomic E-state index is 0.738. The highest BCUT2D eigenvalue weighted by atomic mass is 16.1. The number of hydrogen-bond acceptors (Lipinski definition) is 1. The van der Waals surface area contributed by atoms with Crippen LogP contribution in [-0.4, -0.2) is 6.29 Å². The molecule has 0 aromatic heterocycles. The SMILES string of the molecule is Cc1cccc2ccc(C=O)cc12. The Morgan fingerprint density at radius 2 is 2.00 bits per heavy atom. The van der Waals surface area contributed by atoms with Gasteiger partial charge in [-0.15, -0.1) is 0 Å². The molecule has 1 heteroatoms. The van der Waals surface area contributed by atoms with Crippen LogP contribution in [0.25, 0.3) is 10.8 Å². The van der Waals surface area contributed by atoms with Crippen LogP contribution in [0.5, 0.6) is 0 Å². The summed E-state index contributed by atoms with van der Waals surface area (Å²) in [4.78, 5) is 10.6. The molecule has 0 spiro atoms. The van der Waals surface area contributed by atoms with E-state index in [-0.39, 0.29) is 0 Å². The summed E-state index contributed by atoms with van der Waals surface area (Å²) in [5.74, 6) is 0. The van der Waals surface area contributed by atoms with E-state index in [4.69, 9.17) is 0 Å². The number of benzene rings is 2. The number of carbonyl (C=O) groups is 1. The standard InChI is InChI=1S/C12H10O/c1-9-3-2-4-11-6-5-10(8-13)7-12(9)11/h2-8H,1H3. The summed E-state index contributed by atoms with van der Waals surface area (Å²) >= 11 is 0. The highest BCUT2D eigenvalue weighted by Crippen LogP contribution is 2.18. The van der Waals surface area contributed by atoms with Crippen LogP contribution < -0.4 is 0 Å². The van der Waals surface area contributed by atoms with E-state index in [0.717, 1.165) is 17.2 Å². The average Bonchev–Trinajstić information content (AvgIpc) is 2.18. The first kappa shape index (κ1) is 7.99. The van der Waals surface area contributed by atoms with E-state index < -0.39 is 0 Å². The van der Waals surface area contributed by atoms with Crippen molar-refractivity contribution in [3.05, 3.63) is 47.5 Å². The van der Waals surface area contributed by atoms with Gasteiger partial charge < -0.3 is 0 Å². The van der Waals surface area contributed by atoms with Crippen molar-refractivity contribution >= 4 is 17.1 Å². The Balaban J connectivity index is 2.81. The molecule has 0 bridgehead atoms. The quantitative estimate of drug-likeness (QED) is 0.601. The van der Waals surface area contributed by atoms with E-state index in [1.54, 1.807) is 0 Å². The lowest BCUT2D eigenvalue weighted by Crippen LogP contribution is -1.82. The van der Waals surface area contributed by atoms with Crippen LogP contribution in [-0.2, 0) is 0 Å². The van der Waals surface area contributed by atoms with Gasteiger partial charge in [-0.2, -0.15) is 0 Å². The van der Waals surface area contributed by atoms with Crippen molar-refractivity contribution < 1.29 is 4.79 Å². The van der Waals surface area contributed by atoms with Gasteiger partial charge in [0.2, 0.25) is 0 Å². The van der Waals surface area contributed by atoms with Crippen molar-refractivity contribution in [2.45, 2.75) is 6.92 Å². The molecule has 0 atom stereocenters. The van der Waals surface area contributed by atoms with Crippen molar-refractivity contribution in [2.24, 2.45) is 0 Å². The number of aldehydes is 1. The summed E-state index contributed by atoms with van der Waals surface area (Å²) in [6, 6.07) is 11.9. The average molecular weight is 170 g/mol. The summed E-state index contributed by atoms with van der Waals surface area (Å²) < 4.78 is 0. The third-order valence-corrected chi connectivity index (χ3v) is 2.26. The summed E-state index contributed by atoms with van der Waals surface area (Å²) in [5, 5.41) is 2.35. The molecule has 0 N–H and O–H groups in total. The molecule has 0 aliphatic rings. The van der Waals surface area contributed by atoms with Crippen molar-refractivity contribution in [1.82, 2.24) is 0 Å². The Labute approximate surface area is 77.0 Å². The summed E-state index contributed by atoms with van der Waals surface area (Å²) in [7, 11) is 0. The molecule has 0 heterocycles. The van der Waals surface area contributed by atoms with E-state index in [1.807, 2.05) is 24.3 Å². The molecule has 0 aliphatic heterocycles. The summed E-state index contributed by atoms with van der Waals surface area (Å²) in [6.45, 7) is 2.05. The van der Waals surface area contributed by atoms with Gasteiger partial charge in [0.15, 0.2) is 0 Å². The highest BCUT2D eigenvalue weighted by molar-refractivity contribution is 5.90. The van der Waals surface area contributed by atoms with Crippen LogP contribution >= 0.6 is 0 Å². The minimum Gasteiger partial charge on any atom is -0.298 e. The van der Waals surface area contributed by atoms with Crippen LogP contribution in [0.3, 0.4) is 0 Å². The molecule has 0 saturated heterocycles. The van der Waals surface area contributed by atoms with Gasteiger partial charge in [0.05, 0.1) is 0 Å². The lowest BCUT2D eigenvalue weighted by Gasteiger charge is -2.01. The lowest BCUT2D eigenvalue weighted by atomic mass is 10.0. The number of carbonyl (C=O) groups excluding carboxylic acids is 1. The van der Waals surface area contributed by atoms with Crippen molar-refractivity contribution in [1.29, 1.82) is 0 Å². The Morgan fingerprint density at radius 3 is 2.77 bits per heavy atom. The highest BCUT2D eigenvalue weighted by Gasteiger charge is 1.97. The molecule has 0 amide bonds. The Kier molecular flexibility index (Phi) is 1.85. The van der Waals surface area contributed by atoms with Crippen molar-refractivity contribution in [3.8, 4) is 0 Å². The van der Waals surface area contributed by atoms with E-state index >= 15 is 0 Å². The molecule has 2 aromatic carbocycles. The molecule has 0 saturated carbocycles. The number of hydrogen-bond donors (Lipinski definition) is 0. The predicted molar refractivity (Wildman–Crippen MR) is 54.1 cm³/mol. The number of aryl methyl sites for hydroxylation is 1. The number of fused-ring (bicyclic) bond motifs is 1. The Hall–Kier alpha value is -1.63. The normalized spacial score (nSPS) is 10.2. The van der Waals surface area contributed by atoms with Gasteiger partial charge in [0.1, 0.15) is 6.29 Å². The van der Waals surface area contributed by atoms with E-state index in [1.165, 1.54) is 10.9 Å². The zero-order chi connectivity index (χ0) is 9.26. The van der Waals surface area contributed by atoms with E-state index in [2.05, 4.69) is 19.1 Å². The molecular weight excluding hydrogens is 160 g/mol. The van der Waals surface area contributed by atoms with Crippen LogP contribution in [0.2, 0.25) is 0 Å². The minimum absolute atomic E-state index is 0.738. The second-order valence-corrected chi connectivity index (χ2v) is 3.17. The maximum Gasteiger partial charge on any atom is 0.150 e. The number of rotatable bonds is 1. The molecule has 0 radical (unpaired) electrons. The van der Waals surface area contributed by atoms with Gasteiger partial charge in [0, 0.05) is 5.56 Å². The fraction of sp³-hybridized carbons (Fsp3) is 0.0833. The second kappa shape index (κ2) is 3.02. The fourth-order valence-electron chi connectivity index (χ4n) is 1.52. The van der Waals surface area contributed by atoms with Crippen molar-refractivity contribution in [2.75, 3.05) is 0 Å². The Bertz CT molecular complexity index is 458. The first-order chi connectivity index (χ1) is 6.31. The Morgan fingerprint density at radius 1 is 1.15 bits per heavy atom. The molecule has 1 nitrogen and oxygen atoms in total. The molecule has 13 heavy (non-hydrogen) atoms. The van der Waals surface area contributed by atoms with Gasteiger partial charge in [-0.05, 0) is 29.3 Å². The summed E-state index contributed by atoms with van der Waals surface area (Å²) in [5.41, 5.74) is 1.95. The second-order valence-electron chi connectivity index (χ2n) is 3.17. The zero-order valence-electron chi connectivity index (χ0n) is 7.45. The smallest absolute Gasteiger partial charge is 0.150 e. The van der Waals surface area contributed by atoms with Gasteiger partial charge in [-0.3, -0.25) is 4.79 Å². The molecule has 2 aromatic rings. The molecule has 2 rings (SSSR count). The summed E-state index contributed by atoms with van der Waals surface area (Å²) in [6.07, 6.45) is 0.881. The van der Waals surface area contributed by atoms with E-state index in [9.17, 15) is 4.79 Å². The largest absolute Gasteiger partial charge is 0.298 e. The van der Waals surface area contributed by atoms with E-state index in [0.29, 0.717) is 0 Å². The molecule has 0 unspecified atom stereocenters. The molecule has 0 aliphatic carbocycles. The lowest BCUT2D eigenvalue weighted by molar-refractivity contribution is 0.112. The monoisotopic (exact) mass is 170 g/mol. The van der Waals surface area contributed by atoms with Crippen LogP contribution in [0.1, 0.15) is 15.9 Å². The van der Waals surface area contributed by atoms with Crippen LogP contribution in [0.15, 0.2) is 36.4 Å². The van der Waals surface area contributed by atoms with Crippen molar-refractivity contribution in [3.63, 3.8) is 0 Å². The fourth-order valence-corrected chi connectivity index (χ4v) is 1.52. The molecule has 64 valence electrons. The maximum absolute atomic E-state index is 10.6. The topological polar surface area (TPSA) is 17.1 Å². The van der Waals surface area contributed by atoms with Gasteiger partial charge in [-0.1, -0.05) is 30.3 Å². The van der Waals surface area contributed by atoms with Gasteiger partial charge in [0.25, 0.3) is 0 Å². The molecule has 0 fully saturated rings. The first-order valence-corrected chi connectivity index (χ1v) is 4.26. The maximum atomic E-state index is 10.6. The first-order valence-electron chi connectivity index (χ1n) is 4.26. The van der Waals surface area contributed by atoms with Crippen LogP contribution in [0.4, 0.5) is 0 Å². The van der Waals surface area contributed by atoms with Gasteiger partial charge in [-0.25, -0.2) is 0 Å². The third kappa shape index (κ3) is 1.33.